The van der Waals surface area contributed by atoms with Gasteiger partial charge in [0.25, 0.3) is 5.91 Å². The van der Waals surface area contributed by atoms with Crippen LogP contribution in [0.15, 0.2) is 12.1 Å². The number of nitrogens with zero attached hydrogens (tertiary/aromatic N) is 1. The summed E-state index contributed by atoms with van der Waals surface area (Å²) in [4.78, 5) is 27.7. The van der Waals surface area contributed by atoms with Gasteiger partial charge in [-0.05, 0) is 56.2 Å². The first kappa shape index (κ1) is 23.3. The molecule has 0 radical (unpaired) electrons. The highest BCUT2D eigenvalue weighted by molar-refractivity contribution is 6.00. The molecular formula is C27H39NO4. The van der Waals surface area contributed by atoms with Gasteiger partial charge in [-0.25, -0.2) is 0 Å². The summed E-state index contributed by atoms with van der Waals surface area (Å²) >= 11 is 0. The van der Waals surface area contributed by atoms with Crippen LogP contribution in [0.25, 0.3) is 0 Å². The molecular weight excluding hydrogens is 402 g/mol. The lowest BCUT2D eigenvalue weighted by atomic mass is 9.45. The standard InChI is InChI=1S/C27H39NO4/c1-9-26(6)17(3)10-11-20-25(4,5)21(29)12-13-27(20,26)32-19-15-16(2)14-18-22(19)24(31-8)28(7)23(18)30/h14-15,17,20,24H,9-13H2,1-8H3. The van der Waals surface area contributed by atoms with Crippen LogP contribution in [0, 0.1) is 29.6 Å². The van der Waals surface area contributed by atoms with Crippen molar-refractivity contribution in [2.24, 2.45) is 22.7 Å². The van der Waals surface area contributed by atoms with Gasteiger partial charge < -0.3 is 14.4 Å². The number of fused-ring (bicyclic) bond motifs is 2. The lowest BCUT2D eigenvalue weighted by Gasteiger charge is -2.63. The molecule has 0 spiro atoms. The van der Waals surface area contributed by atoms with Crippen LogP contribution in [-0.4, -0.2) is 36.3 Å². The molecule has 2 aliphatic carbocycles. The van der Waals surface area contributed by atoms with E-state index in [1.54, 1.807) is 19.1 Å². The van der Waals surface area contributed by atoms with Gasteiger partial charge in [-0.1, -0.05) is 34.6 Å². The maximum atomic E-state index is 13.0. The molecule has 5 nitrogen and oxygen atoms in total. The van der Waals surface area contributed by atoms with Crippen LogP contribution in [0.2, 0.25) is 0 Å². The van der Waals surface area contributed by atoms with Gasteiger partial charge in [-0.2, -0.15) is 0 Å². The third kappa shape index (κ3) is 2.92. The third-order valence-electron chi connectivity index (χ3n) is 9.50. The van der Waals surface area contributed by atoms with Gasteiger partial charge in [-0.15, -0.1) is 0 Å². The molecule has 3 aliphatic rings. The Bertz CT molecular complexity index is 953. The molecule has 1 aliphatic heterocycles. The van der Waals surface area contributed by atoms with Gasteiger partial charge in [0.1, 0.15) is 17.1 Å². The summed E-state index contributed by atoms with van der Waals surface area (Å²) in [5, 5.41) is 0. The predicted octanol–water partition coefficient (Wildman–Crippen LogP) is 5.69. The lowest BCUT2D eigenvalue weighted by Crippen LogP contribution is -2.67. The zero-order chi connectivity index (χ0) is 23.6. The lowest BCUT2D eigenvalue weighted by molar-refractivity contribution is -0.203. The topological polar surface area (TPSA) is 55.8 Å². The molecule has 2 fully saturated rings. The second-order valence-electron chi connectivity index (χ2n) is 11.2. The fourth-order valence-electron chi connectivity index (χ4n) is 7.13. The Morgan fingerprint density at radius 3 is 2.47 bits per heavy atom. The number of aryl methyl sites for hydroxylation is 1. The number of carbonyl (C=O) groups excluding carboxylic acids is 2. The Morgan fingerprint density at radius 1 is 1.16 bits per heavy atom. The number of hydrogen-bond donors (Lipinski definition) is 0. The average molecular weight is 442 g/mol. The molecule has 0 saturated heterocycles. The Hall–Kier alpha value is -1.88. The van der Waals surface area contributed by atoms with Gasteiger partial charge in [0.2, 0.25) is 0 Å². The molecule has 0 bridgehead atoms. The number of rotatable bonds is 4. The highest BCUT2D eigenvalue weighted by atomic mass is 16.5. The predicted molar refractivity (Wildman–Crippen MR) is 125 cm³/mol. The second kappa shape index (κ2) is 7.58. The minimum absolute atomic E-state index is 0.0381. The van der Waals surface area contributed by atoms with Gasteiger partial charge in [0, 0.05) is 37.3 Å². The third-order valence-corrected chi connectivity index (χ3v) is 9.50. The molecule has 1 heterocycles. The Kier molecular flexibility index (Phi) is 5.51. The monoisotopic (exact) mass is 441 g/mol. The van der Waals surface area contributed by atoms with Gasteiger partial charge in [0.05, 0.1) is 11.1 Å². The van der Waals surface area contributed by atoms with Crippen molar-refractivity contribution in [2.45, 2.75) is 85.5 Å². The smallest absolute Gasteiger partial charge is 0.256 e. The summed E-state index contributed by atoms with van der Waals surface area (Å²) < 4.78 is 13.0. The quantitative estimate of drug-likeness (QED) is 0.602. The summed E-state index contributed by atoms with van der Waals surface area (Å²) in [5.41, 5.74) is 1.50. The number of carbonyl (C=O) groups is 2. The summed E-state index contributed by atoms with van der Waals surface area (Å²) in [6, 6.07) is 3.99. The largest absolute Gasteiger partial charge is 0.486 e. The molecule has 5 heteroatoms. The Labute approximate surface area is 192 Å². The summed E-state index contributed by atoms with van der Waals surface area (Å²) in [7, 11) is 3.41. The van der Waals surface area contributed by atoms with Gasteiger partial charge in [0.15, 0.2) is 6.23 Å². The van der Waals surface area contributed by atoms with E-state index in [0.717, 1.165) is 42.6 Å². The number of amides is 1. The van der Waals surface area contributed by atoms with Crippen molar-refractivity contribution in [1.82, 2.24) is 4.90 Å². The first-order valence-electron chi connectivity index (χ1n) is 12.1. The zero-order valence-electron chi connectivity index (χ0n) is 21.0. The minimum atomic E-state index is -0.471. The van der Waals surface area contributed by atoms with E-state index in [1.165, 1.54) is 0 Å². The maximum absolute atomic E-state index is 13.0. The Morgan fingerprint density at radius 2 is 1.84 bits per heavy atom. The highest BCUT2D eigenvalue weighted by Gasteiger charge is 2.65. The van der Waals surface area contributed by atoms with Gasteiger partial charge >= 0.3 is 0 Å². The van der Waals surface area contributed by atoms with E-state index in [1.807, 2.05) is 13.0 Å². The number of hydrogen-bond acceptors (Lipinski definition) is 4. The SMILES string of the molecule is CCC1(C)C(C)CCC2C(C)(C)C(=O)CCC21Oc1cc(C)cc2c1C(OC)N(C)C2=O. The van der Waals surface area contributed by atoms with Crippen molar-refractivity contribution in [3.8, 4) is 5.75 Å². The number of Topliss-reactive ketones (excluding diaryl/α,β-unsaturated/α-hetero) is 1. The average Bonchev–Trinajstić information content (AvgIpc) is 2.98. The van der Waals surface area contributed by atoms with Crippen LogP contribution < -0.4 is 4.74 Å². The molecule has 0 aromatic heterocycles. The van der Waals surface area contributed by atoms with Crippen molar-refractivity contribution >= 4 is 11.7 Å². The van der Waals surface area contributed by atoms with E-state index >= 15 is 0 Å². The normalized spacial score (nSPS) is 36.1. The molecule has 176 valence electrons. The van der Waals surface area contributed by atoms with Crippen LogP contribution in [0.4, 0.5) is 0 Å². The fraction of sp³-hybridized carbons (Fsp3) is 0.704. The van der Waals surface area contributed by atoms with E-state index in [-0.39, 0.29) is 17.2 Å². The van der Waals surface area contributed by atoms with E-state index in [0.29, 0.717) is 23.7 Å². The first-order chi connectivity index (χ1) is 14.9. The molecule has 5 atom stereocenters. The molecule has 5 unspecified atom stereocenters. The zero-order valence-corrected chi connectivity index (χ0v) is 21.0. The van der Waals surface area contributed by atoms with Crippen LogP contribution in [-0.2, 0) is 9.53 Å². The molecule has 2 saturated carbocycles. The number of benzene rings is 1. The molecule has 1 aromatic carbocycles. The number of ketones is 1. The molecule has 1 aromatic rings. The number of methoxy groups -OCH3 is 1. The van der Waals surface area contributed by atoms with E-state index in [2.05, 4.69) is 40.7 Å². The molecule has 1 amide bonds. The minimum Gasteiger partial charge on any atom is -0.486 e. The van der Waals surface area contributed by atoms with Gasteiger partial charge in [-0.3, -0.25) is 9.59 Å². The van der Waals surface area contributed by atoms with E-state index in [9.17, 15) is 9.59 Å². The van der Waals surface area contributed by atoms with E-state index < -0.39 is 17.2 Å². The highest BCUT2D eigenvalue weighted by Crippen LogP contribution is 2.63. The summed E-state index contributed by atoms with van der Waals surface area (Å²) in [6.45, 7) is 13.2. The number of ether oxygens (including phenoxy) is 2. The van der Waals surface area contributed by atoms with Crippen LogP contribution in [0.1, 0.15) is 94.4 Å². The van der Waals surface area contributed by atoms with Crippen LogP contribution in [0.5, 0.6) is 5.75 Å². The first-order valence-corrected chi connectivity index (χ1v) is 12.1. The van der Waals surface area contributed by atoms with Crippen molar-refractivity contribution < 1.29 is 19.1 Å². The molecule has 4 rings (SSSR count). The molecule has 0 N–H and O–H groups in total. The van der Waals surface area contributed by atoms with E-state index in [4.69, 9.17) is 9.47 Å². The van der Waals surface area contributed by atoms with Crippen LogP contribution >= 0.6 is 0 Å². The Balaban J connectivity index is 1.93. The second-order valence-corrected chi connectivity index (χ2v) is 11.2. The summed E-state index contributed by atoms with van der Waals surface area (Å²) in [5.74, 6) is 1.66. The molecule has 32 heavy (non-hydrogen) atoms. The van der Waals surface area contributed by atoms with Crippen molar-refractivity contribution in [1.29, 1.82) is 0 Å². The van der Waals surface area contributed by atoms with Crippen molar-refractivity contribution in [3.63, 3.8) is 0 Å². The summed E-state index contributed by atoms with van der Waals surface area (Å²) in [6.07, 6.45) is 3.86. The van der Waals surface area contributed by atoms with Crippen molar-refractivity contribution in [2.75, 3.05) is 14.2 Å². The fourth-order valence-corrected chi connectivity index (χ4v) is 7.13. The van der Waals surface area contributed by atoms with Crippen LogP contribution in [0.3, 0.4) is 0 Å². The maximum Gasteiger partial charge on any atom is 0.256 e. The van der Waals surface area contributed by atoms with Crippen molar-refractivity contribution in [3.05, 3.63) is 28.8 Å².